The molecule has 0 aliphatic heterocycles. The molecule has 0 aliphatic carbocycles. The van der Waals surface area contributed by atoms with Gasteiger partial charge in [0.15, 0.2) is 5.75 Å². The second kappa shape index (κ2) is 4.90. The Hall–Kier alpha value is -2.89. The van der Waals surface area contributed by atoms with E-state index in [0.29, 0.717) is 28.0 Å². The summed E-state index contributed by atoms with van der Waals surface area (Å²) < 4.78 is 19.1. The number of nitrogen functional groups attached to an aromatic ring is 1. The summed E-state index contributed by atoms with van der Waals surface area (Å²) in [6, 6.07) is 7.58. The van der Waals surface area contributed by atoms with Crippen LogP contribution in [0.2, 0.25) is 0 Å². The number of benzene rings is 2. The van der Waals surface area contributed by atoms with E-state index in [1.165, 1.54) is 18.5 Å². The Labute approximate surface area is 119 Å². The van der Waals surface area contributed by atoms with Crippen LogP contribution in [0.4, 0.5) is 10.1 Å². The second-order valence-electron chi connectivity index (χ2n) is 4.65. The number of rotatable bonds is 2. The summed E-state index contributed by atoms with van der Waals surface area (Å²) >= 11 is 0. The van der Waals surface area contributed by atoms with Crippen LogP contribution in [0, 0.1) is 12.7 Å². The third-order valence-electron chi connectivity index (χ3n) is 3.14. The molecule has 1 heterocycles. The summed E-state index contributed by atoms with van der Waals surface area (Å²) in [5.41, 5.74) is 6.86. The molecular formula is C15H12FN3O2. The van der Waals surface area contributed by atoms with Crippen molar-refractivity contribution in [2.75, 3.05) is 5.73 Å². The first-order valence-electron chi connectivity index (χ1n) is 6.25. The van der Waals surface area contributed by atoms with Crippen molar-refractivity contribution in [2.24, 2.45) is 0 Å². The number of nitrogens with zero attached hydrogens (tertiary/aromatic N) is 1. The Morgan fingerprint density at radius 1 is 1.29 bits per heavy atom. The van der Waals surface area contributed by atoms with Crippen LogP contribution in [-0.2, 0) is 0 Å². The maximum Gasteiger partial charge on any atom is 0.258 e. The lowest BCUT2D eigenvalue weighted by Gasteiger charge is -2.10. The minimum absolute atomic E-state index is 0.278. The van der Waals surface area contributed by atoms with E-state index in [0.717, 1.165) is 0 Å². The van der Waals surface area contributed by atoms with Gasteiger partial charge >= 0.3 is 0 Å². The van der Waals surface area contributed by atoms with Crippen molar-refractivity contribution >= 4 is 16.6 Å². The fourth-order valence-corrected chi connectivity index (χ4v) is 1.97. The van der Waals surface area contributed by atoms with Crippen molar-refractivity contribution in [2.45, 2.75) is 6.92 Å². The van der Waals surface area contributed by atoms with Gasteiger partial charge in [-0.3, -0.25) is 4.79 Å². The largest absolute Gasteiger partial charge is 0.455 e. The molecule has 2 aromatic carbocycles. The first kappa shape index (κ1) is 13.1. The van der Waals surface area contributed by atoms with Crippen molar-refractivity contribution in [3.05, 3.63) is 58.4 Å². The molecule has 3 N–H and O–H groups in total. The molecule has 1 aromatic heterocycles. The van der Waals surface area contributed by atoms with Crippen LogP contribution in [0.3, 0.4) is 0 Å². The normalized spacial score (nSPS) is 10.8. The lowest BCUT2D eigenvalue weighted by Crippen LogP contribution is -2.07. The monoisotopic (exact) mass is 285 g/mol. The average Bonchev–Trinajstić information content (AvgIpc) is 2.45. The molecule has 3 aromatic rings. The molecule has 0 aliphatic rings. The summed E-state index contributed by atoms with van der Waals surface area (Å²) in [5.74, 6) is 0.291. The fraction of sp³-hybridized carbons (Fsp3) is 0.0667. The number of halogens is 1. The smallest absolute Gasteiger partial charge is 0.258 e. The van der Waals surface area contributed by atoms with Crippen molar-refractivity contribution in [3.8, 4) is 11.5 Å². The van der Waals surface area contributed by atoms with Gasteiger partial charge in [-0.15, -0.1) is 0 Å². The molecular weight excluding hydrogens is 273 g/mol. The number of aromatic amines is 1. The number of aromatic nitrogens is 2. The number of aryl methyl sites for hydroxylation is 1. The second-order valence-corrected chi connectivity index (χ2v) is 4.65. The molecule has 0 fully saturated rings. The fourth-order valence-electron chi connectivity index (χ4n) is 1.97. The number of H-pyrrole nitrogens is 1. The van der Waals surface area contributed by atoms with Crippen LogP contribution >= 0.6 is 0 Å². The zero-order valence-corrected chi connectivity index (χ0v) is 11.2. The highest BCUT2D eigenvalue weighted by atomic mass is 19.1. The first-order chi connectivity index (χ1) is 10.0. The summed E-state index contributed by atoms with van der Waals surface area (Å²) in [7, 11) is 0. The number of ether oxygens (including phenoxy) is 1. The molecule has 0 bridgehead atoms. The van der Waals surface area contributed by atoms with Gasteiger partial charge in [0.1, 0.15) is 11.6 Å². The highest BCUT2D eigenvalue weighted by Crippen LogP contribution is 2.30. The van der Waals surface area contributed by atoms with E-state index >= 15 is 0 Å². The van der Waals surface area contributed by atoms with Crippen LogP contribution in [-0.4, -0.2) is 9.97 Å². The van der Waals surface area contributed by atoms with Crippen LogP contribution in [0.15, 0.2) is 41.5 Å². The van der Waals surface area contributed by atoms with Gasteiger partial charge < -0.3 is 15.5 Å². The van der Waals surface area contributed by atoms with E-state index in [1.54, 1.807) is 25.1 Å². The van der Waals surface area contributed by atoms with E-state index in [-0.39, 0.29) is 17.1 Å². The zero-order chi connectivity index (χ0) is 15.0. The summed E-state index contributed by atoms with van der Waals surface area (Å²) in [6.45, 7) is 1.67. The molecule has 0 saturated carbocycles. The van der Waals surface area contributed by atoms with Crippen molar-refractivity contribution in [1.82, 2.24) is 9.97 Å². The first-order valence-corrected chi connectivity index (χ1v) is 6.25. The maximum absolute atomic E-state index is 13.5. The standard InChI is InChI=1S/C15H12FN3O2/c1-8-2-3-9(4-11(8)16)21-14-6-13-10(5-12(14)17)15(20)19-7-18-13/h2-7H,17H2,1H3,(H,18,19,20). The van der Waals surface area contributed by atoms with Gasteiger partial charge in [-0.25, -0.2) is 9.37 Å². The van der Waals surface area contributed by atoms with Gasteiger partial charge in [-0.05, 0) is 24.6 Å². The minimum atomic E-state index is -0.360. The summed E-state index contributed by atoms with van der Waals surface area (Å²) in [6.07, 6.45) is 1.30. The molecule has 0 amide bonds. The lowest BCUT2D eigenvalue weighted by atomic mass is 10.2. The summed E-state index contributed by atoms with van der Waals surface area (Å²) in [5, 5.41) is 0.373. The topological polar surface area (TPSA) is 81.0 Å². The van der Waals surface area contributed by atoms with Gasteiger partial charge in [0, 0.05) is 12.1 Å². The highest BCUT2D eigenvalue weighted by molar-refractivity contribution is 5.84. The average molecular weight is 285 g/mol. The van der Waals surface area contributed by atoms with Crippen molar-refractivity contribution in [3.63, 3.8) is 0 Å². The van der Waals surface area contributed by atoms with Crippen LogP contribution in [0.25, 0.3) is 10.9 Å². The minimum Gasteiger partial charge on any atom is -0.455 e. The van der Waals surface area contributed by atoms with Crippen molar-refractivity contribution < 1.29 is 9.13 Å². The van der Waals surface area contributed by atoms with E-state index in [1.807, 2.05) is 0 Å². The van der Waals surface area contributed by atoms with Gasteiger partial charge in [-0.1, -0.05) is 6.07 Å². The van der Waals surface area contributed by atoms with Crippen LogP contribution < -0.4 is 16.0 Å². The van der Waals surface area contributed by atoms with Gasteiger partial charge in [0.2, 0.25) is 0 Å². The van der Waals surface area contributed by atoms with Gasteiger partial charge in [-0.2, -0.15) is 0 Å². The molecule has 106 valence electrons. The van der Waals surface area contributed by atoms with E-state index < -0.39 is 0 Å². The van der Waals surface area contributed by atoms with E-state index in [4.69, 9.17) is 10.5 Å². The number of nitrogens with one attached hydrogen (secondary N) is 1. The number of fused-ring (bicyclic) bond motifs is 1. The molecule has 0 unspecified atom stereocenters. The highest BCUT2D eigenvalue weighted by Gasteiger charge is 2.09. The molecule has 0 radical (unpaired) electrons. The van der Waals surface area contributed by atoms with Gasteiger partial charge in [0.25, 0.3) is 5.56 Å². The third-order valence-corrected chi connectivity index (χ3v) is 3.14. The number of anilines is 1. The van der Waals surface area contributed by atoms with Crippen LogP contribution in [0.5, 0.6) is 11.5 Å². The predicted octanol–water partition coefficient (Wildman–Crippen LogP) is 2.75. The number of hydrogen-bond donors (Lipinski definition) is 2. The Balaban J connectivity index is 2.06. The molecule has 0 saturated heterocycles. The molecule has 6 heteroatoms. The Morgan fingerprint density at radius 3 is 2.86 bits per heavy atom. The summed E-state index contributed by atoms with van der Waals surface area (Å²) in [4.78, 5) is 18.2. The van der Waals surface area contributed by atoms with E-state index in [2.05, 4.69) is 9.97 Å². The number of hydrogen-bond acceptors (Lipinski definition) is 4. The quantitative estimate of drug-likeness (QED) is 0.709. The Bertz CT molecular complexity index is 890. The molecule has 5 nitrogen and oxygen atoms in total. The van der Waals surface area contributed by atoms with E-state index in [9.17, 15) is 9.18 Å². The SMILES string of the molecule is Cc1ccc(Oc2cc3nc[nH]c(=O)c3cc2N)cc1F. The maximum atomic E-state index is 13.5. The number of nitrogens with two attached hydrogens (primary N) is 1. The third kappa shape index (κ3) is 2.43. The lowest BCUT2D eigenvalue weighted by molar-refractivity contribution is 0.479. The molecule has 21 heavy (non-hydrogen) atoms. The Kier molecular flexibility index (Phi) is 3.06. The zero-order valence-electron chi connectivity index (χ0n) is 11.2. The molecule has 0 atom stereocenters. The Morgan fingerprint density at radius 2 is 2.10 bits per heavy atom. The predicted molar refractivity (Wildman–Crippen MR) is 78.0 cm³/mol. The molecule has 3 rings (SSSR count). The van der Waals surface area contributed by atoms with Crippen LogP contribution in [0.1, 0.15) is 5.56 Å². The molecule has 0 spiro atoms. The van der Waals surface area contributed by atoms with Gasteiger partial charge in [0.05, 0.1) is 22.9 Å². The van der Waals surface area contributed by atoms with Crippen molar-refractivity contribution in [1.29, 1.82) is 0 Å².